The first-order valence-electron chi connectivity index (χ1n) is 8.07. The summed E-state index contributed by atoms with van der Waals surface area (Å²) in [4.78, 5) is 21.8. The Balaban J connectivity index is 2.21. The Morgan fingerprint density at radius 2 is 1.68 bits per heavy atom. The monoisotopic (exact) mass is 430 g/mol. The molecule has 0 aliphatic carbocycles. The van der Waals surface area contributed by atoms with Crippen LogP contribution in [0.1, 0.15) is 5.56 Å². The van der Waals surface area contributed by atoms with Gasteiger partial charge >= 0.3 is 0 Å². The molecule has 152 valence electrons. The summed E-state index contributed by atoms with van der Waals surface area (Å²) in [6.45, 7) is -0.172. The van der Waals surface area contributed by atoms with E-state index < -0.39 is 41.9 Å². The van der Waals surface area contributed by atoms with Gasteiger partial charge in [0.15, 0.2) is 0 Å². The maximum absolute atomic E-state index is 12.9. The third-order valence-corrected chi connectivity index (χ3v) is 6.51. The summed E-state index contributed by atoms with van der Waals surface area (Å²) in [5.74, 6) is -1.49. The van der Waals surface area contributed by atoms with Crippen molar-refractivity contribution < 1.29 is 32.3 Å². The Labute approximate surface area is 162 Å². The molecule has 2 aromatic carbocycles. The normalized spacial score (nSPS) is 13.9. The summed E-state index contributed by atoms with van der Waals surface area (Å²) in [6.07, 6.45) is -0.791. The van der Waals surface area contributed by atoms with Crippen molar-refractivity contribution >= 4 is 23.3 Å². The number of amides is 1. The molecule has 0 aliphatic heterocycles. The van der Waals surface area contributed by atoms with Crippen molar-refractivity contribution in [3.63, 3.8) is 0 Å². The molecule has 1 unspecified atom stereocenters. The molecule has 0 bridgehead atoms. The predicted octanol–water partition coefficient (Wildman–Crippen LogP) is 2.09. The van der Waals surface area contributed by atoms with E-state index in [2.05, 4.69) is 0 Å². The highest BCUT2D eigenvalue weighted by Gasteiger charge is 2.32. The molecular weight excluding hydrogens is 410 g/mol. The SMILES string of the molecule is CP(=O)(O)CN(CC(=O)N(O)Cc1ccc(F)cc1)S(=O)(=O)c1ccccc1. The van der Waals surface area contributed by atoms with E-state index in [1.54, 1.807) is 6.07 Å². The maximum Gasteiger partial charge on any atom is 0.261 e. The van der Waals surface area contributed by atoms with E-state index in [0.717, 1.165) is 18.8 Å². The zero-order valence-corrected chi connectivity index (χ0v) is 16.7. The van der Waals surface area contributed by atoms with Crippen LogP contribution < -0.4 is 0 Å². The smallest absolute Gasteiger partial charge is 0.261 e. The highest BCUT2D eigenvalue weighted by atomic mass is 32.2. The summed E-state index contributed by atoms with van der Waals surface area (Å²) >= 11 is 0. The van der Waals surface area contributed by atoms with Gasteiger partial charge in [0.2, 0.25) is 17.4 Å². The van der Waals surface area contributed by atoms with Crippen LogP contribution in [0.25, 0.3) is 0 Å². The standard InChI is InChI=1S/C17H20FN2O6PS/c1-27(23,24)13-19(28(25,26)16-5-3-2-4-6-16)12-17(21)20(22)11-14-7-9-15(18)10-8-14/h2-10,22H,11-13H2,1H3,(H,23,24). The first-order valence-corrected chi connectivity index (χ1v) is 11.8. The zero-order chi connectivity index (χ0) is 20.9. The fraction of sp³-hybridized carbons (Fsp3) is 0.235. The van der Waals surface area contributed by atoms with Crippen molar-refractivity contribution in [3.05, 3.63) is 66.0 Å². The molecule has 2 N–H and O–H groups in total. The average molecular weight is 430 g/mol. The van der Waals surface area contributed by atoms with Crippen LogP contribution in [0.4, 0.5) is 4.39 Å². The van der Waals surface area contributed by atoms with Crippen LogP contribution in [0, 0.1) is 5.82 Å². The van der Waals surface area contributed by atoms with Crippen molar-refractivity contribution in [3.8, 4) is 0 Å². The van der Waals surface area contributed by atoms with E-state index in [0.29, 0.717) is 9.87 Å². The molecule has 0 fully saturated rings. The molecule has 0 heterocycles. The second-order valence-electron chi connectivity index (χ2n) is 6.20. The molecule has 0 saturated carbocycles. The second kappa shape index (κ2) is 8.93. The number of carbonyl (C=O) groups excluding carboxylic acids is 1. The van der Waals surface area contributed by atoms with Crippen LogP contribution in [-0.4, -0.2) is 53.3 Å². The first-order chi connectivity index (χ1) is 13.0. The maximum atomic E-state index is 12.9. The molecule has 8 nitrogen and oxygen atoms in total. The minimum atomic E-state index is -4.25. The molecule has 11 heteroatoms. The summed E-state index contributed by atoms with van der Waals surface area (Å²) in [7, 11) is -8.09. The largest absolute Gasteiger partial charge is 0.344 e. The predicted molar refractivity (Wildman–Crippen MR) is 99.7 cm³/mol. The fourth-order valence-electron chi connectivity index (χ4n) is 2.33. The van der Waals surface area contributed by atoms with Gasteiger partial charge in [-0.1, -0.05) is 30.3 Å². The Morgan fingerprint density at radius 1 is 1.11 bits per heavy atom. The van der Waals surface area contributed by atoms with Crippen molar-refractivity contribution in [2.24, 2.45) is 0 Å². The van der Waals surface area contributed by atoms with Gasteiger partial charge in [-0.2, -0.15) is 4.31 Å². The molecule has 0 saturated heterocycles. The lowest BCUT2D eigenvalue weighted by molar-refractivity contribution is -0.167. The van der Waals surface area contributed by atoms with E-state index >= 15 is 0 Å². The number of halogens is 1. The van der Waals surface area contributed by atoms with E-state index in [1.807, 2.05) is 0 Å². The molecule has 28 heavy (non-hydrogen) atoms. The van der Waals surface area contributed by atoms with Gasteiger partial charge in [-0.3, -0.25) is 14.6 Å². The number of benzene rings is 2. The van der Waals surface area contributed by atoms with Crippen LogP contribution in [0.3, 0.4) is 0 Å². The molecule has 2 rings (SSSR count). The lowest BCUT2D eigenvalue weighted by Crippen LogP contribution is -2.41. The fourth-order valence-corrected chi connectivity index (χ4v) is 5.34. The van der Waals surface area contributed by atoms with Gasteiger partial charge in [-0.25, -0.2) is 17.9 Å². The topological polar surface area (TPSA) is 115 Å². The van der Waals surface area contributed by atoms with E-state index in [4.69, 9.17) is 0 Å². The zero-order valence-electron chi connectivity index (χ0n) is 15.0. The number of sulfonamides is 1. The minimum absolute atomic E-state index is 0.153. The Kier molecular flexibility index (Phi) is 7.08. The highest BCUT2D eigenvalue weighted by Crippen LogP contribution is 2.37. The Morgan fingerprint density at radius 3 is 2.21 bits per heavy atom. The van der Waals surface area contributed by atoms with Crippen LogP contribution in [0.2, 0.25) is 0 Å². The van der Waals surface area contributed by atoms with Crippen molar-refractivity contribution in [2.45, 2.75) is 11.4 Å². The van der Waals surface area contributed by atoms with Crippen LogP contribution in [-0.2, 0) is 25.9 Å². The minimum Gasteiger partial charge on any atom is -0.344 e. The van der Waals surface area contributed by atoms with Crippen molar-refractivity contribution in [1.29, 1.82) is 0 Å². The van der Waals surface area contributed by atoms with Crippen molar-refractivity contribution in [2.75, 3.05) is 19.5 Å². The summed E-state index contributed by atoms with van der Waals surface area (Å²) in [6, 6.07) is 12.2. The van der Waals surface area contributed by atoms with Crippen LogP contribution in [0.5, 0.6) is 0 Å². The number of hydrogen-bond acceptors (Lipinski definition) is 5. The number of rotatable bonds is 8. The highest BCUT2D eigenvalue weighted by molar-refractivity contribution is 7.89. The van der Waals surface area contributed by atoms with Gasteiger partial charge in [0.25, 0.3) is 5.91 Å². The van der Waals surface area contributed by atoms with E-state index in [9.17, 15) is 32.3 Å². The third kappa shape index (κ3) is 6.22. The van der Waals surface area contributed by atoms with Crippen LogP contribution >= 0.6 is 7.37 Å². The lowest BCUT2D eigenvalue weighted by atomic mass is 10.2. The quantitative estimate of drug-likeness (QED) is 0.377. The second-order valence-corrected chi connectivity index (χ2v) is 10.5. The Hall–Kier alpha value is -2.10. The molecular formula is C17H20FN2O6PS. The van der Waals surface area contributed by atoms with Crippen LogP contribution in [0.15, 0.2) is 59.5 Å². The summed E-state index contributed by atoms with van der Waals surface area (Å²) in [5.41, 5.74) is 0.415. The molecule has 1 amide bonds. The summed E-state index contributed by atoms with van der Waals surface area (Å²) < 4.78 is 50.8. The van der Waals surface area contributed by atoms with Gasteiger partial charge in [-0.05, 0) is 29.8 Å². The third-order valence-electron chi connectivity index (χ3n) is 3.65. The molecule has 2 aromatic rings. The number of hydroxylamine groups is 2. The summed E-state index contributed by atoms with van der Waals surface area (Å²) in [5, 5.41) is 10.2. The van der Waals surface area contributed by atoms with E-state index in [1.165, 1.54) is 36.4 Å². The molecule has 0 spiro atoms. The molecule has 1 atom stereocenters. The van der Waals surface area contributed by atoms with E-state index in [-0.39, 0.29) is 16.5 Å². The number of nitrogens with zero attached hydrogens (tertiary/aromatic N) is 2. The molecule has 0 aromatic heterocycles. The number of hydrogen-bond donors (Lipinski definition) is 2. The Bertz CT molecular complexity index is 963. The van der Waals surface area contributed by atoms with Gasteiger partial charge in [0, 0.05) is 6.66 Å². The number of carbonyl (C=O) groups is 1. The lowest BCUT2D eigenvalue weighted by Gasteiger charge is -2.24. The molecule has 0 aliphatic rings. The first kappa shape index (κ1) is 22.2. The van der Waals surface area contributed by atoms with Gasteiger partial charge < -0.3 is 4.89 Å². The molecule has 0 radical (unpaired) electrons. The van der Waals surface area contributed by atoms with Gasteiger partial charge in [-0.15, -0.1) is 0 Å². The average Bonchev–Trinajstić information content (AvgIpc) is 2.62. The van der Waals surface area contributed by atoms with Gasteiger partial charge in [0.05, 0.1) is 24.3 Å². The van der Waals surface area contributed by atoms with Gasteiger partial charge in [0.1, 0.15) is 5.82 Å². The van der Waals surface area contributed by atoms with Crippen molar-refractivity contribution in [1.82, 2.24) is 9.37 Å².